The van der Waals surface area contributed by atoms with E-state index in [4.69, 9.17) is 4.74 Å². The molecule has 0 aromatic heterocycles. The first-order valence-corrected chi connectivity index (χ1v) is 7.15. The molecular weight excluding hydrogens is 214 g/mol. The van der Waals surface area contributed by atoms with Crippen molar-refractivity contribution in [2.45, 2.75) is 64.9 Å². The van der Waals surface area contributed by atoms with Gasteiger partial charge in [0.15, 0.2) is 0 Å². The van der Waals surface area contributed by atoms with Crippen LogP contribution in [0.2, 0.25) is 0 Å². The first-order chi connectivity index (χ1) is 8.24. The summed E-state index contributed by atoms with van der Waals surface area (Å²) in [5, 5.41) is 3.25. The second-order valence-corrected chi connectivity index (χ2v) is 5.14. The Hall–Kier alpha value is -0.570. The van der Waals surface area contributed by atoms with E-state index in [1.807, 2.05) is 6.92 Å². The number of carbonyl (C=O) groups excluding carboxylic acids is 1. The highest BCUT2D eigenvalue weighted by Crippen LogP contribution is 2.15. The van der Waals surface area contributed by atoms with Crippen molar-refractivity contribution in [3.63, 3.8) is 0 Å². The molecule has 0 radical (unpaired) electrons. The standard InChI is InChI=1S/C14H27NO2/c1-3-4-5-6-8-12(2)17-14(16)13-9-7-10-15-11-13/h12-13,15H,3-11H2,1-2H3/t12?,13-/m0/s1. The molecule has 100 valence electrons. The third-order valence-corrected chi connectivity index (χ3v) is 3.41. The minimum atomic E-state index is 0.000177. The van der Waals surface area contributed by atoms with Crippen LogP contribution in [0.25, 0.3) is 0 Å². The number of carbonyl (C=O) groups is 1. The molecule has 17 heavy (non-hydrogen) atoms. The zero-order chi connectivity index (χ0) is 12.5. The average Bonchev–Trinajstić information content (AvgIpc) is 2.36. The Morgan fingerprint density at radius 3 is 2.88 bits per heavy atom. The largest absolute Gasteiger partial charge is 0.462 e. The molecule has 0 amide bonds. The van der Waals surface area contributed by atoms with Crippen LogP contribution in [0.5, 0.6) is 0 Å². The van der Waals surface area contributed by atoms with Crippen molar-refractivity contribution in [2.75, 3.05) is 13.1 Å². The summed E-state index contributed by atoms with van der Waals surface area (Å²) in [5.74, 6) is 0.0852. The smallest absolute Gasteiger partial charge is 0.310 e. The lowest BCUT2D eigenvalue weighted by molar-refractivity contribution is -0.154. The van der Waals surface area contributed by atoms with Gasteiger partial charge in [-0.15, -0.1) is 0 Å². The number of ether oxygens (including phenoxy) is 1. The Bertz CT molecular complexity index is 212. The molecule has 0 saturated carbocycles. The van der Waals surface area contributed by atoms with Crippen LogP contribution in [0.15, 0.2) is 0 Å². The molecule has 0 aromatic rings. The quantitative estimate of drug-likeness (QED) is 0.550. The van der Waals surface area contributed by atoms with Gasteiger partial charge in [-0.2, -0.15) is 0 Å². The van der Waals surface area contributed by atoms with Crippen LogP contribution >= 0.6 is 0 Å². The molecule has 1 saturated heterocycles. The van der Waals surface area contributed by atoms with Gasteiger partial charge in [0.1, 0.15) is 0 Å². The zero-order valence-corrected chi connectivity index (χ0v) is 11.3. The summed E-state index contributed by atoms with van der Waals surface area (Å²) in [5.41, 5.74) is 0. The molecule has 1 heterocycles. The molecule has 3 nitrogen and oxygen atoms in total. The molecule has 1 aliphatic rings. The van der Waals surface area contributed by atoms with Crippen molar-refractivity contribution in [1.82, 2.24) is 5.32 Å². The first kappa shape index (κ1) is 14.5. The van der Waals surface area contributed by atoms with Crippen molar-refractivity contribution >= 4 is 5.97 Å². The van der Waals surface area contributed by atoms with Crippen LogP contribution in [0, 0.1) is 5.92 Å². The summed E-state index contributed by atoms with van der Waals surface area (Å²) in [7, 11) is 0. The molecule has 0 bridgehead atoms. The van der Waals surface area contributed by atoms with E-state index in [0.29, 0.717) is 0 Å². The van der Waals surface area contributed by atoms with E-state index in [1.165, 1.54) is 25.7 Å². The predicted molar refractivity (Wildman–Crippen MR) is 69.9 cm³/mol. The Labute approximate surface area is 105 Å². The van der Waals surface area contributed by atoms with Gasteiger partial charge in [-0.3, -0.25) is 4.79 Å². The maximum absolute atomic E-state index is 11.8. The Morgan fingerprint density at radius 2 is 2.24 bits per heavy atom. The number of unbranched alkanes of at least 4 members (excludes halogenated alkanes) is 3. The van der Waals surface area contributed by atoms with E-state index < -0.39 is 0 Å². The summed E-state index contributed by atoms with van der Waals surface area (Å²) in [6.45, 7) is 6.05. The van der Waals surface area contributed by atoms with Crippen molar-refractivity contribution in [1.29, 1.82) is 0 Å². The highest BCUT2D eigenvalue weighted by Gasteiger charge is 2.23. The van der Waals surface area contributed by atoms with Crippen LogP contribution in [0.1, 0.15) is 58.8 Å². The second kappa shape index (κ2) is 8.51. The van der Waals surface area contributed by atoms with Gasteiger partial charge in [0.05, 0.1) is 12.0 Å². The third-order valence-electron chi connectivity index (χ3n) is 3.41. The lowest BCUT2D eigenvalue weighted by atomic mass is 10.00. The van der Waals surface area contributed by atoms with Crippen molar-refractivity contribution in [3.05, 3.63) is 0 Å². The Kier molecular flexibility index (Phi) is 7.25. The van der Waals surface area contributed by atoms with E-state index in [0.717, 1.165) is 32.4 Å². The molecule has 1 N–H and O–H groups in total. The monoisotopic (exact) mass is 241 g/mol. The summed E-state index contributed by atoms with van der Waals surface area (Å²) in [6, 6.07) is 0. The van der Waals surface area contributed by atoms with Gasteiger partial charge in [0.25, 0.3) is 0 Å². The number of nitrogens with one attached hydrogen (secondary N) is 1. The summed E-state index contributed by atoms with van der Waals surface area (Å²) in [6.07, 6.45) is 8.12. The van der Waals surface area contributed by atoms with Gasteiger partial charge in [0.2, 0.25) is 0 Å². The van der Waals surface area contributed by atoms with Crippen molar-refractivity contribution in [2.24, 2.45) is 5.92 Å². The van der Waals surface area contributed by atoms with Gasteiger partial charge in [-0.25, -0.2) is 0 Å². The van der Waals surface area contributed by atoms with Crippen LogP contribution in [0.3, 0.4) is 0 Å². The van der Waals surface area contributed by atoms with E-state index in [2.05, 4.69) is 12.2 Å². The zero-order valence-electron chi connectivity index (χ0n) is 11.3. The SMILES string of the molecule is CCCCCCC(C)OC(=O)[C@H]1CCCNC1. The fourth-order valence-electron chi connectivity index (χ4n) is 2.27. The van der Waals surface area contributed by atoms with Crippen LogP contribution in [0.4, 0.5) is 0 Å². The van der Waals surface area contributed by atoms with Gasteiger partial charge < -0.3 is 10.1 Å². The third kappa shape index (κ3) is 6.06. The summed E-state index contributed by atoms with van der Waals surface area (Å²) >= 11 is 0. The first-order valence-electron chi connectivity index (χ1n) is 7.15. The Balaban J connectivity index is 2.11. The topological polar surface area (TPSA) is 38.3 Å². The number of piperidine rings is 1. The minimum Gasteiger partial charge on any atom is -0.462 e. The van der Waals surface area contributed by atoms with Gasteiger partial charge in [0, 0.05) is 6.54 Å². The summed E-state index contributed by atoms with van der Waals surface area (Å²) < 4.78 is 5.49. The normalized spacial score (nSPS) is 22.1. The van der Waals surface area contributed by atoms with E-state index in [9.17, 15) is 4.79 Å². The highest BCUT2D eigenvalue weighted by molar-refractivity contribution is 5.73. The molecule has 3 heteroatoms. The minimum absolute atomic E-state index is 0.000177. The molecule has 1 fully saturated rings. The van der Waals surface area contributed by atoms with Gasteiger partial charge in [-0.05, 0) is 39.2 Å². The van der Waals surface area contributed by atoms with E-state index in [1.54, 1.807) is 0 Å². The molecule has 1 aliphatic heterocycles. The number of hydrogen-bond donors (Lipinski definition) is 1. The molecule has 0 aromatic carbocycles. The maximum Gasteiger partial charge on any atom is 0.310 e. The van der Waals surface area contributed by atoms with Gasteiger partial charge >= 0.3 is 5.97 Å². The number of hydrogen-bond acceptors (Lipinski definition) is 3. The fourth-order valence-corrected chi connectivity index (χ4v) is 2.27. The fraction of sp³-hybridized carbons (Fsp3) is 0.929. The van der Waals surface area contributed by atoms with Crippen LogP contribution in [-0.4, -0.2) is 25.2 Å². The lowest BCUT2D eigenvalue weighted by Gasteiger charge is -2.23. The van der Waals surface area contributed by atoms with E-state index in [-0.39, 0.29) is 18.0 Å². The van der Waals surface area contributed by atoms with Crippen LogP contribution in [-0.2, 0) is 9.53 Å². The second-order valence-electron chi connectivity index (χ2n) is 5.14. The Morgan fingerprint density at radius 1 is 1.41 bits per heavy atom. The van der Waals surface area contributed by atoms with Gasteiger partial charge in [-0.1, -0.05) is 26.2 Å². The molecule has 0 aliphatic carbocycles. The highest BCUT2D eigenvalue weighted by atomic mass is 16.5. The lowest BCUT2D eigenvalue weighted by Crippen LogP contribution is -2.36. The summed E-state index contributed by atoms with van der Waals surface area (Å²) in [4.78, 5) is 11.8. The number of rotatable bonds is 7. The number of esters is 1. The molecule has 2 atom stereocenters. The molecular formula is C14H27NO2. The maximum atomic E-state index is 11.8. The van der Waals surface area contributed by atoms with E-state index >= 15 is 0 Å². The average molecular weight is 241 g/mol. The van der Waals surface area contributed by atoms with Crippen LogP contribution < -0.4 is 5.32 Å². The molecule has 1 rings (SSSR count). The predicted octanol–water partition coefficient (Wildman–Crippen LogP) is 2.89. The van der Waals surface area contributed by atoms with Crippen molar-refractivity contribution < 1.29 is 9.53 Å². The van der Waals surface area contributed by atoms with Crippen molar-refractivity contribution in [3.8, 4) is 0 Å². The molecule has 1 unspecified atom stereocenters. The molecule has 0 spiro atoms.